The predicted molar refractivity (Wildman–Crippen MR) is 75.3 cm³/mol. The Kier molecular flexibility index (Phi) is 5.49. The zero-order valence-corrected chi connectivity index (χ0v) is 12.2. The van der Waals surface area contributed by atoms with Gasteiger partial charge in [-0.2, -0.15) is 0 Å². The first kappa shape index (κ1) is 14.9. The van der Waals surface area contributed by atoms with Crippen LogP contribution in [-0.4, -0.2) is 41.8 Å². The maximum atomic E-state index is 12.1. The number of carbonyl (C=O) groups is 1. The number of pyridine rings is 1. The summed E-state index contributed by atoms with van der Waals surface area (Å²) in [5.74, 6) is 0.0810. The molecule has 0 saturated carbocycles. The van der Waals surface area contributed by atoms with Crippen molar-refractivity contribution in [3.8, 4) is 0 Å². The number of amides is 1. The Balaban J connectivity index is 1.80. The van der Waals surface area contributed by atoms with E-state index in [-0.39, 0.29) is 12.2 Å². The van der Waals surface area contributed by atoms with Crippen molar-refractivity contribution < 1.29 is 14.3 Å². The van der Waals surface area contributed by atoms with Crippen LogP contribution in [0.4, 0.5) is 0 Å². The van der Waals surface area contributed by atoms with Gasteiger partial charge in [-0.3, -0.25) is 9.78 Å². The highest BCUT2D eigenvalue weighted by Crippen LogP contribution is 2.21. The molecule has 0 N–H and O–H groups in total. The van der Waals surface area contributed by atoms with E-state index in [1.165, 1.54) is 0 Å². The molecular weight excluding hydrogens is 256 g/mol. The average molecular weight is 278 g/mol. The van der Waals surface area contributed by atoms with Crippen molar-refractivity contribution in [3.05, 3.63) is 29.6 Å². The van der Waals surface area contributed by atoms with Crippen molar-refractivity contribution in [2.75, 3.05) is 19.8 Å². The standard InChI is InChI=1S/C15H22N2O3/c1-3-19-14(20-4-2)6-5-9-17-11-12-7-8-16-10-13(12)15(17)18/h7-8,10,14H,3-6,9,11H2,1-2H3. The van der Waals surface area contributed by atoms with Crippen molar-refractivity contribution in [2.24, 2.45) is 0 Å². The summed E-state index contributed by atoms with van der Waals surface area (Å²) in [6.45, 7) is 6.61. The number of carbonyl (C=O) groups excluding carboxylic acids is 1. The molecule has 1 aliphatic heterocycles. The highest BCUT2D eigenvalue weighted by Gasteiger charge is 2.26. The molecule has 2 heterocycles. The quantitative estimate of drug-likeness (QED) is 0.684. The van der Waals surface area contributed by atoms with Crippen molar-refractivity contribution in [1.82, 2.24) is 9.88 Å². The monoisotopic (exact) mass is 278 g/mol. The van der Waals surface area contributed by atoms with Crippen LogP contribution in [0.2, 0.25) is 0 Å². The molecular formula is C15H22N2O3. The van der Waals surface area contributed by atoms with Gasteiger partial charge in [0.1, 0.15) is 0 Å². The SMILES string of the molecule is CCOC(CCCN1Cc2ccncc2C1=O)OCC. The van der Waals surface area contributed by atoms with Crippen LogP contribution in [0.1, 0.15) is 42.6 Å². The second kappa shape index (κ2) is 7.36. The van der Waals surface area contributed by atoms with Crippen LogP contribution in [0.25, 0.3) is 0 Å². The third kappa shape index (κ3) is 3.55. The van der Waals surface area contributed by atoms with E-state index in [1.54, 1.807) is 12.4 Å². The summed E-state index contributed by atoms with van der Waals surface area (Å²) < 4.78 is 11.0. The summed E-state index contributed by atoms with van der Waals surface area (Å²) in [6.07, 6.45) is 4.90. The molecule has 0 aromatic carbocycles. The van der Waals surface area contributed by atoms with E-state index in [4.69, 9.17) is 9.47 Å². The zero-order chi connectivity index (χ0) is 14.4. The maximum absolute atomic E-state index is 12.1. The Morgan fingerprint density at radius 2 is 2.10 bits per heavy atom. The lowest BCUT2D eigenvalue weighted by Gasteiger charge is -2.19. The lowest BCUT2D eigenvalue weighted by Crippen LogP contribution is -2.26. The molecule has 1 aromatic rings. The van der Waals surface area contributed by atoms with Crippen molar-refractivity contribution >= 4 is 5.91 Å². The molecule has 2 rings (SSSR count). The molecule has 0 fully saturated rings. The zero-order valence-electron chi connectivity index (χ0n) is 12.2. The summed E-state index contributed by atoms with van der Waals surface area (Å²) in [4.78, 5) is 18.0. The van der Waals surface area contributed by atoms with Crippen LogP contribution in [0.15, 0.2) is 18.5 Å². The molecule has 0 spiro atoms. The number of fused-ring (bicyclic) bond motifs is 1. The fourth-order valence-electron chi connectivity index (χ4n) is 2.42. The van der Waals surface area contributed by atoms with Gasteiger partial charge in [0.25, 0.3) is 5.91 Å². The Bertz CT molecular complexity index is 444. The minimum Gasteiger partial charge on any atom is -0.353 e. The van der Waals surface area contributed by atoms with Gasteiger partial charge in [0.15, 0.2) is 6.29 Å². The normalized spacial score (nSPS) is 14.2. The van der Waals surface area contributed by atoms with Gasteiger partial charge in [-0.15, -0.1) is 0 Å². The number of ether oxygens (including phenoxy) is 2. The summed E-state index contributed by atoms with van der Waals surface area (Å²) in [5, 5.41) is 0. The smallest absolute Gasteiger partial charge is 0.256 e. The van der Waals surface area contributed by atoms with Gasteiger partial charge in [-0.25, -0.2) is 0 Å². The highest BCUT2D eigenvalue weighted by atomic mass is 16.7. The van der Waals surface area contributed by atoms with E-state index in [9.17, 15) is 4.79 Å². The number of rotatable bonds is 8. The molecule has 5 nitrogen and oxygen atoms in total. The molecule has 0 radical (unpaired) electrons. The van der Waals surface area contributed by atoms with Gasteiger partial charge >= 0.3 is 0 Å². The van der Waals surface area contributed by atoms with Gasteiger partial charge in [-0.1, -0.05) is 0 Å². The van der Waals surface area contributed by atoms with Gasteiger partial charge in [0, 0.05) is 45.1 Å². The molecule has 0 bridgehead atoms. The van der Waals surface area contributed by atoms with E-state index >= 15 is 0 Å². The van der Waals surface area contributed by atoms with E-state index in [0.717, 1.165) is 30.5 Å². The lowest BCUT2D eigenvalue weighted by molar-refractivity contribution is -0.140. The molecule has 0 aliphatic carbocycles. The third-order valence-corrected chi connectivity index (χ3v) is 3.36. The molecule has 1 aromatic heterocycles. The van der Waals surface area contributed by atoms with Crippen LogP contribution < -0.4 is 0 Å². The van der Waals surface area contributed by atoms with Gasteiger partial charge in [0.05, 0.1) is 5.56 Å². The number of nitrogens with zero attached hydrogens (tertiary/aromatic N) is 2. The second-order valence-corrected chi connectivity index (χ2v) is 4.74. The first-order valence-corrected chi connectivity index (χ1v) is 7.21. The summed E-state index contributed by atoms with van der Waals surface area (Å²) >= 11 is 0. The molecule has 1 aliphatic rings. The largest absolute Gasteiger partial charge is 0.353 e. The van der Waals surface area contributed by atoms with E-state index in [2.05, 4.69) is 4.98 Å². The van der Waals surface area contributed by atoms with E-state index < -0.39 is 0 Å². The first-order chi connectivity index (χ1) is 9.76. The van der Waals surface area contributed by atoms with Gasteiger partial charge in [-0.05, 0) is 31.9 Å². The average Bonchev–Trinajstić information content (AvgIpc) is 2.77. The molecule has 0 saturated heterocycles. The highest BCUT2D eigenvalue weighted by molar-refractivity contribution is 5.97. The Labute approximate surface area is 119 Å². The van der Waals surface area contributed by atoms with Crippen LogP contribution in [0.3, 0.4) is 0 Å². The molecule has 20 heavy (non-hydrogen) atoms. The molecule has 1 amide bonds. The van der Waals surface area contributed by atoms with Crippen LogP contribution >= 0.6 is 0 Å². The van der Waals surface area contributed by atoms with E-state index in [1.807, 2.05) is 24.8 Å². The molecule has 0 atom stereocenters. The number of aromatic nitrogens is 1. The van der Waals surface area contributed by atoms with E-state index in [0.29, 0.717) is 19.8 Å². The van der Waals surface area contributed by atoms with Crippen LogP contribution in [-0.2, 0) is 16.0 Å². The molecule has 5 heteroatoms. The summed E-state index contributed by atoms with van der Waals surface area (Å²) in [5.41, 5.74) is 1.80. The predicted octanol–water partition coefficient (Wildman–Crippen LogP) is 2.22. The maximum Gasteiger partial charge on any atom is 0.256 e. The first-order valence-electron chi connectivity index (χ1n) is 7.21. The molecule has 110 valence electrons. The summed E-state index contributed by atoms with van der Waals surface area (Å²) in [7, 11) is 0. The minimum absolute atomic E-state index is 0.0810. The lowest BCUT2D eigenvalue weighted by atomic mass is 10.2. The second-order valence-electron chi connectivity index (χ2n) is 4.74. The van der Waals surface area contributed by atoms with Crippen LogP contribution in [0, 0.1) is 0 Å². The minimum atomic E-state index is -0.160. The fourth-order valence-corrected chi connectivity index (χ4v) is 2.42. The summed E-state index contributed by atoms with van der Waals surface area (Å²) in [6, 6.07) is 1.91. The van der Waals surface area contributed by atoms with Crippen molar-refractivity contribution in [2.45, 2.75) is 39.5 Å². The third-order valence-electron chi connectivity index (χ3n) is 3.36. The fraction of sp³-hybridized carbons (Fsp3) is 0.600. The van der Waals surface area contributed by atoms with Crippen molar-refractivity contribution in [3.63, 3.8) is 0 Å². The van der Waals surface area contributed by atoms with Crippen LogP contribution in [0.5, 0.6) is 0 Å². The molecule has 0 unspecified atom stereocenters. The topological polar surface area (TPSA) is 51.7 Å². The Hall–Kier alpha value is -1.46. The van der Waals surface area contributed by atoms with Crippen molar-refractivity contribution in [1.29, 1.82) is 0 Å². The van der Waals surface area contributed by atoms with Gasteiger partial charge < -0.3 is 14.4 Å². The number of hydrogen-bond donors (Lipinski definition) is 0. The Morgan fingerprint density at radius 1 is 1.35 bits per heavy atom. The van der Waals surface area contributed by atoms with Gasteiger partial charge in [0.2, 0.25) is 0 Å². The number of hydrogen-bond acceptors (Lipinski definition) is 4. The Morgan fingerprint density at radius 3 is 2.75 bits per heavy atom.